The number of anilines is 1. The molecular weight excluding hydrogens is 262 g/mol. The van der Waals surface area contributed by atoms with Crippen molar-refractivity contribution in [2.45, 2.75) is 47.3 Å². The summed E-state index contributed by atoms with van der Waals surface area (Å²) in [5.74, 6) is 2.07. The second-order valence-electron chi connectivity index (χ2n) is 5.24. The smallest absolute Gasteiger partial charge is 0.158 e. The predicted molar refractivity (Wildman–Crippen MR) is 79.7 cm³/mol. The zero-order chi connectivity index (χ0) is 14.4. The Morgan fingerprint density at radius 2 is 1.95 bits per heavy atom. The van der Waals surface area contributed by atoms with Gasteiger partial charge in [-0.1, -0.05) is 25.4 Å². The minimum atomic E-state index is 0.369. The second-order valence-corrected chi connectivity index (χ2v) is 5.63. The highest BCUT2D eigenvalue weighted by atomic mass is 35.5. The molecule has 1 aromatic rings. The second kappa shape index (κ2) is 7.65. The van der Waals surface area contributed by atoms with E-state index < -0.39 is 0 Å². The van der Waals surface area contributed by atoms with E-state index in [2.05, 4.69) is 42.6 Å². The van der Waals surface area contributed by atoms with Crippen LogP contribution < -0.4 is 4.90 Å². The summed E-state index contributed by atoms with van der Waals surface area (Å²) in [6.45, 7) is 12.6. The largest absolute Gasteiger partial charge is 0.374 e. The van der Waals surface area contributed by atoms with Crippen LogP contribution in [0.5, 0.6) is 0 Å². The molecule has 0 aliphatic carbocycles. The van der Waals surface area contributed by atoms with Crippen LogP contribution in [0.2, 0.25) is 5.15 Å². The van der Waals surface area contributed by atoms with Crippen molar-refractivity contribution in [3.05, 3.63) is 17.0 Å². The van der Waals surface area contributed by atoms with Gasteiger partial charge in [0.25, 0.3) is 0 Å². The third-order valence-corrected chi connectivity index (χ3v) is 2.84. The third-order valence-electron chi connectivity index (χ3n) is 2.64. The van der Waals surface area contributed by atoms with Crippen LogP contribution in [-0.4, -0.2) is 29.2 Å². The first-order chi connectivity index (χ1) is 8.93. The fraction of sp³-hybridized carbons (Fsp3) is 0.714. The molecule has 0 bridgehead atoms. The van der Waals surface area contributed by atoms with Crippen LogP contribution in [-0.2, 0) is 11.3 Å². The molecule has 1 aromatic heterocycles. The molecule has 0 amide bonds. The molecule has 0 atom stereocenters. The summed E-state index contributed by atoms with van der Waals surface area (Å²) in [6, 6.07) is 2.19. The molecule has 0 aliphatic heterocycles. The molecule has 0 radical (unpaired) electrons. The maximum atomic E-state index is 6.08. The molecule has 19 heavy (non-hydrogen) atoms. The van der Waals surface area contributed by atoms with Crippen molar-refractivity contribution in [1.29, 1.82) is 0 Å². The van der Waals surface area contributed by atoms with Crippen molar-refractivity contribution in [3.8, 4) is 0 Å². The first-order valence-corrected chi connectivity index (χ1v) is 7.19. The summed E-state index contributed by atoms with van der Waals surface area (Å²) < 4.78 is 5.35. The van der Waals surface area contributed by atoms with E-state index in [0.717, 1.165) is 12.4 Å². The van der Waals surface area contributed by atoms with Crippen LogP contribution in [0.25, 0.3) is 0 Å². The molecule has 4 nitrogen and oxygen atoms in total. The number of hydrogen-bond acceptors (Lipinski definition) is 4. The van der Waals surface area contributed by atoms with E-state index in [1.165, 1.54) is 0 Å². The van der Waals surface area contributed by atoms with Gasteiger partial charge in [0.1, 0.15) is 17.6 Å². The van der Waals surface area contributed by atoms with E-state index in [1.807, 2.05) is 13.0 Å². The Bertz CT molecular complexity index is 396. The molecule has 0 aromatic carbocycles. The summed E-state index contributed by atoms with van der Waals surface area (Å²) in [5, 5.41) is 0.467. The maximum absolute atomic E-state index is 6.08. The van der Waals surface area contributed by atoms with Gasteiger partial charge in [-0.15, -0.1) is 0 Å². The first-order valence-electron chi connectivity index (χ1n) is 6.81. The Kier molecular flexibility index (Phi) is 6.52. The molecule has 0 unspecified atom stereocenters. The molecule has 0 fully saturated rings. The first kappa shape index (κ1) is 16.2. The van der Waals surface area contributed by atoms with E-state index in [9.17, 15) is 0 Å². The predicted octanol–water partition coefficient (Wildman–Crippen LogP) is 3.54. The van der Waals surface area contributed by atoms with E-state index in [1.54, 1.807) is 0 Å². The minimum Gasteiger partial charge on any atom is -0.374 e. The van der Waals surface area contributed by atoms with Crippen molar-refractivity contribution in [3.63, 3.8) is 0 Å². The van der Waals surface area contributed by atoms with Crippen LogP contribution in [0.1, 0.15) is 40.4 Å². The number of rotatable bonds is 7. The van der Waals surface area contributed by atoms with Crippen LogP contribution in [0.4, 0.5) is 5.82 Å². The molecule has 0 N–H and O–H groups in total. The Labute approximate surface area is 121 Å². The summed E-state index contributed by atoms with van der Waals surface area (Å²) in [5.41, 5.74) is 0. The molecule has 5 heteroatoms. The fourth-order valence-electron chi connectivity index (χ4n) is 1.82. The van der Waals surface area contributed by atoms with Crippen molar-refractivity contribution >= 4 is 17.4 Å². The van der Waals surface area contributed by atoms with Gasteiger partial charge in [0.15, 0.2) is 5.82 Å². The van der Waals surface area contributed by atoms with Gasteiger partial charge < -0.3 is 9.64 Å². The number of ether oxygens (including phenoxy) is 1. The lowest BCUT2D eigenvalue weighted by Crippen LogP contribution is -2.35. The summed E-state index contributed by atoms with van der Waals surface area (Å²) >= 11 is 6.08. The van der Waals surface area contributed by atoms with Crippen molar-refractivity contribution in [1.82, 2.24) is 9.97 Å². The lowest BCUT2D eigenvalue weighted by molar-refractivity contribution is 0.128. The Morgan fingerprint density at radius 3 is 2.47 bits per heavy atom. The van der Waals surface area contributed by atoms with Crippen molar-refractivity contribution in [2.24, 2.45) is 5.92 Å². The van der Waals surface area contributed by atoms with Gasteiger partial charge in [0.2, 0.25) is 0 Å². The number of aromatic nitrogens is 2. The standard InChI is InChI=1S/C14H24ClN3O/c1-6-19-9-13-16-12(15)7-14(17-13)18(11(4)5)8-10(2)3/h7,10-11H,6,8-9H2,1-5H3. The molecule has 1 heterocycles. The van der Waals surface area contributed by atoms with E-state index in [0.29, 0.717) is 36.2 Å². The fourth-order valence-corrected chi connectivity index (χ4v) is 2.01. The minimum absolute atomic E-state index is 0.369. The van der Waals surface area contributed by atoms with Gasteiger partial charge in [0, 0.05) is 25.3 Å². The Hall–Kier alpha value is -0.870. The average Bonchev–Trinajstić information content (AvgIpc) is 2.32. The van der Waals surface area contributed by atoms with Gasteiger partial charge in [-0.05, 0) is 26.7 Å². The topological polar surface area (TPSA) is 38.2 Å². The molecule has 1 rings (SSSR count). The van der Waals surface area contributed by atoms with E-state index in [4.69, 9.17) is 16.3 Å². The Morgan fingerprint density at radius 1 is 1.26 bits per heavy atom. The zero-order valence-corrected chi connectivity index (χ0v) is 13.2. The summed E-state index contributed by atoms with van der Waals surface area (Å²) in [6.07, 6.45) is 0. The quantitative estimate of drug-likeness (QED) is 0.718. The molecule has 0 saturated carbocycles. The molecular formula is C14H24ClN3O. The normalized spacial score (nSPS) is 11.4. The van der Waals surface area contributed by atoms with Gasteiger partial charge in [-0.3, -0.25) is 0 Å². The molecule has 0 spiro atoms. The Balaban J connectivity index is 2.98. The molecule has 108 valence electrons. The molecule has 0 saturated heterocycles. The highest BCUT2D eigenvalue weighted by molar-refractivity contribution is 6.29. The monoisotopic (exact) mass is 285 g/mol. The third kappa shape index (κ3) is 5.33. The van der Waals surface area contributed by atoms with E-state index in [-0.39, 0.29) is 0 Å². The highest BCUT2D eigenvalue weighted by Crippen LogP contribution is 2.20. The van der Waals surface area contributed by atoms with Crippen molar-refractivity contribution < 1.29 is 4.74 Å². The number of nitrogens with zero attached hydrogens (tertiary/aromatic N) is 3. The molecule has 0 aliphatic rings. The SMILES string of the molecule is CCOCc1nc(Cl)cc(N(CC(C)C)C(C)C)n1. The number of hydrogen-bond donors (Lipinski definition) is 0. The van der Waals surface area contributed by atoms with Gasteiger partial charge in [-0.25, -0.2) is 9.97 Å². The van der Waals surface area contributed by atoms with Crippen LogP contribution in [0.15, 0.2) is 6.07 Å². The summed E-state index contributed by atoms with van der Waals surface area (Å²) in [7, 11) is 0. The summed E-state index contributed by atoms with van der Waals surface area (Å²) in [4.78, 5) is 11.0. The lowest BCUT2D eigenvalue weighted by atomic mass is 10.2. The maximum Gasteiger partial charge on any atom is 0.158 e. The van der Waals surface area contributed by atoms with Crippen LogP contribution >= 0.6 is 11.6 Å². The van der Waals surface area contributed by atoms with Gasteiger partial charge >= 0.3 is 0 Å². The van der Waals surface area contributed by atoms with Crippen LogP contribution in [0, 0.1) is 5.92 Å². The lowest BCUT2D eigenvalue weighted by Gasteiger charge is -2.29. The average molecular weight is 286 g/mol. The van der Waals surface area contributed by atoms with Crippen LogP contribution in [0.3, 0.4) is 0 Å². The number of halogens is 1. The van der Waals surface area contributed by atoms with Gasteiger partial charge in [0.05, 0.1) is 0 Å². The van der Waals surface area contributed by atoms with Crippen molar-refractivity contribution in [2.75, 3.05) is 18.1 Å². The zero-order valence-electron chi connectivity index (χ0n) is 12.5. The van der Waals surface area contributed by atoms with Gasteiger partial charge in [-0.2, -0.15) is 0 Å². The highest BCUT2D eigenvalue weighted by Gasteiger charge is 2.15. The van der Waals surface area contributed by atoms with E-state index >= 15 is 0 Å².